The van der Waals surface area contributed by atoms with Crippen LogP contribution in [0.2, 0.25) is 114 Å². The van der Waals surface area contributed by atoms with Gasteiger partial charge >= 0.3 is 30.8 Å². The van der Waals surface area contributed by atoms with Crippen molar-refractivity contribution in [3.8, 4) is 23.7 Å². The number of hydrogen-bond acceptors (Lipinski definition) is 11. The van der Waals surface area contributed by atoms with Crippen LogP contribution in [0, 0.1) is 61.2 Å². The van der Waals surface area contributed by atoms with E-state index in [0.29, 0.717) is 48.4 Å². The summed E-state index contributed by atoms with van der Waals surface area (Å²) in [6, 6.07) is 42.0. The van der Waals surface area contributed by atoms with E-state index in [1.165, 1.54) is 42.9 Å². The van der Waals surface area contributed by atoms with Crippen LogP contribution in [0.1, 0.15) is 260 Å². The molecule has 2 saturated heterocycles. The number of benzene rings is 5. The summed E-state index contributed by atoms with van der Waals surface area (Å²) in [5.74, 6) is 13.7. The Hall–Kier alpha value is -3.92. The first-order valence-corrected chi connectivity index (χ1v) is 68.4. The topological polar surface area (TPSA) is 122 Å². The van der Waals surface area contributed by atoms with E-state index in [-0.39, 0.29) is 89.3 Å². The van der Waals surface area contributed by atoms with E-state index in [1.807, 2.05) is 77.9 Å². The second kappa shape index (κ2) is 56.6. The largest absolute Gasteiger partial charge is 1.00 e. The van der Waals surface area contributed by atoms with Gasteiger partial charge in [-0.25, -0.2) is 9.59 Å². The third-order valence-electron chi connectivity index (χ3n) is 23.1. The summed E-state index contributed by atoms with van der Waals surface area (Å²) in [6.45, 7) is 76.8. The molecule has 712 valence electrons. The van der Waals surface area contributed by atoms with Crippen molar-refractivity contribution in [1.29, 1.82) is 0 Å². The van der Waals surface area contributed by atoms with Crippen LogP contribution in [0.25, 0.3) is 10.7 Å². The van der Waals surface area contributed by atoms with Crippen molar-refractivity contribution in [3.05, 3.63) is 195 Å². The predicted molar refractivity (Wildman–Crippen MR) is 576 cm³/mol. The van der Waals surface area contributed by atoms with Gasteiger partial charge in [0.2, 0.25) is 0 Å². The number of ether oxygens (including phenoxy) is 6. The molecular formula is C108H177ILiNO10SSi6. The van der Waals surface area contributed by atoms with Gasteiger partial charge in [-0.2, -0.15) is 0 Å². The summed E-state index contributed by atoms with van der Waals surface area (Å²) in [4.78, 5) is 28.0. The Balaban J connectivity index is 0.000000993. The van der Waals surface area contributed by atoms with Crippen molar-refractivity contribution in [1.82, 2.24) is 0 Å². The van der Waals surface area contributed by atoms with Crippen molar-refractivity contribution in [2.45, 2.75) is 390 Å². The predicted octanol–water partition coefficient (Wildman–Crippen LogP) is 27.7. The number of carbonyl (C=O) groups is 2. The first kappa shape index (κ1) is 118. The van der Waals surface area contributed by atoms with E-state index < -0.39 is 60.8 Å². The van der Waals surface area contributed by atoms with E-state index in [0.717, 1.165) is 94.8 Å². The van der Waals surface area contributed by atoms with E-state index >= 15 is 0 Å². The smallest absolute Gasteiger partial charge is 0.668 e. The van der Waals surface area contributed by atoms with Crippen LogP contribution in [0.4, 0.5) is 0 Å². The van der Waals surface area contributed by atoms with Gasteiger partial charge in [0.05, 0.1) is 48.8 Å². The Morgan fingerprint density at radius 1 is 0.562 bits per heavy atom. The Morgan fingerprint density at radius 3 is 1.45 bits per heavy atom. The Morgan fingerprint density at radius 2 is 1.01 bits per heavy atom. The molecular weight excluding hydrogens is 1810 g/mol. The molecule has 0 bridgehead atoms. The minimum absolute atomic E-state index is 0. The molecule has 5 aromatic rings. The van der Waals surface area contributed by atoms with E-state index in [2.05, 4.69) is 350 Å². The number of thioether (sulfide) groups is 1. The number of nitrogens with zero attached hydrogens (tertiary/aromatic N) is 1. The van der Waals surface area contributed by atoms with Crippen LogP contribution in [-0.2, 0) is 43.0 Å². The maximum absolute atomic E-state index is 13.7. The van der Waals surface area contributed by atoms with Crippen molar-refractivity contribution >= 4 is 112 Å². The van der Waals surface area contributed by atoms with Gasteiger partial charge in [0.15, 0.2) is 19.9 Å². The summed E-state index contributed by atoms with van der Waals surface area (Å²) in [6.07, 6.45) is 23.1. The summed E-state index contributed by atoms with van der Waals surface area (Å²) in [5.41, 5.74) is 6.74. The van der Waals surface area contributed by atoms with Crippen LogP contribution < -0.4 is 29.2 Å². The Kier molecular flexibility index (Phi) is 52.3. The molecule has 0 aromatic heterocycles. The number of unbranched alkanes of at least 4 members (excludes halogenated alkanes) is 6. The number of aryl methyl sites for hydroxylation is 2. The first-order valence-electron chi connectivity index (χ1n) is 48.8. The molecule has 2 unspecified atom stereocenters. The minimum atomic E-state index is -2.70. The number of rotatable bonds is 38. The average molecular weight is 1990 g/mol. The van der Waals surface area contributed by atoms with Crippen LogP contribution in [0.15, 0.2) is 151 Å². The van der Waals surface area contributed by atoms with Crippen molar-refractivity contribution in [2.75, 3.05) is 17.6 Å². The van der Waals surface area contributed by atoms with Gasteiger partial charge in [0.1, 0.15) is 6.10 Å². The fourth-order valence-corrected chi connectivity index (χ4v) is 31.9. The van der Waals surface area contributed by atoms with Gasteiger partial charge in [0.25, 0.3) is 8.32 Å². The number of hydrogen-bond donors (Lipinski definition) is 0. The molecule has 0 aliphatic carbocycles. The molecule has 0 amide bonds. The average Bonchev–Trinajstić information content (AvgIpc) is 0.883. The molecule has 2 fully saturated rings. The van der Waals surface area contributed by atoms with Gasteiger partial charge in [-0.05, 0) is 178 Å². The molecule has 0 saturated carbocycles. The molecule has 7 rings (SSSR count). The van der Waals surface area contributed by atoms with Gasteiger partial charge in [0, 0.05) is 75.5 Å². The summed E-state index contributed by atoms with van der Waals surface area (Å²) in [7, 11) is -6.95. The van der Waals surface area contributed by atoms with E-state index in [1.54, 1.807) is 11.8 Å². The second-order valence-electron chi connectivity index (χ2n) is 42.8. The summed E-state index contributed by atoms with van der Waals surface area (Å²) < 4.78 is 69.0. The molecule has 0 N–H and O–H groups in total. The zero-order valence-corrected chi connectivity index (χ0v) is 96.3. The summed E-state index contributed by atoms with van der Waals surface area (Å²) >= 11 is 4.15. The van der Waals surface area contributed by atoms with E-state index in [4.69, 9.17) is 44.7 Å². The monoisotopic (exact) mass is 1990 g/mol. The Labute approximate surface area is 823 Å². The molecule has 11 nitrogen and oxygen atoms in total. The number of alkyl halides is 1. The fraction of sp³-hybridized carbons (Fsp3) is 0.611. The van der Waals surface area contributed by atoms with Gasteiger partial charge < -0.3 is 41.9 Å². The fourth-order valence-electron chi connectivity index (χ4n) is 14.8. The van der Waals surface area contributed by atoms with Crippen LogP contribution in [0.3, 0.4) is 0 Å². The number of allylic oxidation sites excluding steroid dienone is 1. The maximum atomic E-state index is 13.7. The molecule has 2 heterocycles. The zero-order chi connectivity index (χ0) is 98.2. The molecule has 9 atom stereocenters. The molecule has 0 radical (unpaired) electrons. The van der Waals surface area contributed by atoms with Crippen LogP contribution in [-0.4, -0.2) is 127 Å². The van der Waals surface area contributed by atoms with Crippen molar-refractivity contribution in [3.63, 3.8) is 0 Å². The van der Waals surface area contributed by atoms with Crippen LogP contribution >= 0.6 is 34.4 Å². The first-order chi connectivity index (χ1) is 60.0. The van der Waals surface area contributed by atoms with E-state index in [9.17, 15) is 9.59 Å². The SMILES string of the molecule is CC(C)[C@H](C)/C=C\C(O[Si](C)(C)C(C)(C)C)[C@H]1OC(C)(C)O[C@H]1CCI.CCCCCC#Cc1ccc(C)c(C(=O)OCC[Si](C)(C)C)c1/C=C/C[C@@H]1OC(C)(C)O[C@@H]1C(C)/C=C\[C@@H](C)[C@H](C)O[Si](c1ccccc1)(c1ccccc1)C(C)(C)C.CCCCCC#Cc1ccc(C)c(C(=O)OCC[Si](C)(C)C)c1CSc1ccccc1.C[Si](C)(C)[N-][Si](C)(C)C.[3H]C.[3H]C.[Li+]. The zero-order valence-electron chi connectivity index (χ0n) is 89.3. The maximum Gasteiger partial charge on any atom is 1.00 e. The molecule has 128 heavy (non-hydrogen) atoms. The second-order valence-corrected chi connectivity index (χ2v) is 74.7. The van der Waals surface area contributed by atoms with Gasteiger partial charge in [-0.15, -0.1) is 11.8 Å². The van der Waals surface area contributed by atoms with Gasteiger partial charge in [-0.1, -0.05) is 399 Å². The molecule has 2 aliphatic heterocycles. The quantitative estimate of drug-likeness (QED) is 0.00549. The molecule has 0 spiro atoms. The number of halogens is 1. The Bertz CT molecular complexity index is 4250. The summed E-state index contributed by atoms with van der Waals surface area (Å²) in [5, 5.41) is 2.63. The van der Waals surface area contributed by atoms with Crippen LogP contribution in [0.5, 0.6) is 0 Å². The molecule has 20 heteroatoms. The van der Waals surface area contributed by atoms with Gasteiger partial charge in [-0.3, -0.25) is 0 Å². The normalized spacial score (nSPS) is 17.8. The number of carbonyl (C=O) groups excluding carboxylic acids is 2. The minimum Gasteiger partial charge on any atom is -0.668 e. The molecule has 5 aromatic carbocycles. The standard InChI is InChI=1S/C52H74O5Si2.C27H36O2SSi.C21H41IO3Si.C6H18NSi2.2CH4.Li/c1-14-15-16-17-20-26-43-36-35-40(3)48(50(53)54-37-38-58(11,12)13)46(43)31-25-32-47-49(56-52(9,10)55-47)41(4)34-33-39(2)42(5)57-59(51(6,7)8,44-27-21-18-22-28-44)45-29-23-19-24-30-45;1-6-7-8-9-11-14-23-18-17-22(2)26(27(28)29-19-20-31(3,4)5)25(23)21-30-24-15-12-10-13-16-24;1-15(2)16(3)11-12-18(25-26(9,10)20(4,5)6)19-17(13-14-22)23-21(7,8)24-19;1-8(2,3)7-9(4,5)6;;;/h18-19,21-25,27-31,33-36,39,41-42,47,49H,14-17,32,37-38H2,1-13H3;10,12-13,15-18H,6-9,19-21H2,1-5H3;11-12,15-19H,13-14H2,1-10H3;1-6H3;2*1H4;/q;;;-1;;;+1/b31-25+,34-33-;;12-11-;;;;/t39-,41?,42+,47+,49-;;16-,17+,18?,19+;;;;/m1.1..../s1/i;;;;2*1T;. The van der Waals surface area contributed by atoms with Crippen molar-refractivity contribution < 1.29 is 68.5 Å². The number of esters is 2. The third kappa shape index (κ3) is 43.0. The molecule has 2 aliphatic rings. The van der Waals surface area contributed by atoms with Crippen molar-refractivity contribution in [2.24, 2.45) is 23.7 Å². The third-order valence-corrected chi connectivity index (χ3v) is 43.1.